The van der Waals surface area contributed by atoms with E-state index in [1.807, 2.05) is 6.07 Å². The normalized spacial score (nSPS) is 24.8. The van der Waals surface area contributed by atoms with Gasteiger partial charge in [0.15, 0.2) is 21.4 Å². The molecule has 2 aliphatic heterocycles. The molecule has 0 spiro atoms. The fourth-order valence-electron chi connectivity index (χ4n) is 4.76. The number of halogens is 2. The summed E-state index contributed by atoms with van der Waals surface area (Å²) in [4.78, 5) is -0.160. The van der Waals surface area contributed by atoms with Crippen molar-refractivity contribution < 1.29 is 35.1 Å². The van der Waals surface area contributed by atoms with Crippen LogP contribution in [0.1, 0.15) is 24.0 Å². The molecule has 1 fully saturated rings. The predicted octanol–water partition coefficient (Wildman–Crippen LogP) is 2.74. The second kappa shape index (κ2) is 8.34. The van der Waals surface area contributed by atoms with Gasteiger partial charge in [-0.1, -0.05) is 0 Å². The fraction of sp³-hybridized carbons (Fsp3) is 0.409. The number of ether oxygens (including phenoxy) is 2. The summed E-state index contributed by atoms with van der Waals surface area (Å²) in [6, 6.07) is 8.82. The minimum absolute atomic E-state index is 0.0240. The van der Waals surface area contributed by atoms with E-state index in [1.165, 1.54) is 24.3 Å². The van der Waals surface area contributed by atoms with Crippen molar-refractivity contribution in [1.82, 2.24) is 0 Å². The Hall–Kier alpha value is -2.55. The van der Waals surface area contributed by atoms with Gasteiger partial charge in [-0.25, -0.2) is 25.6 Å². The summed E-state index contributed by atoms with van der Waals surface area (Å²) >= 11 is 0. The molecule has 2 aromatic rings. The number of nitriles is 1. The minimum atomic E-state index is -4.37. The smallest absolute Gasteiger partial charge is 0.189 e. The largest absolute Gasteiger partial charge is 0.490 e. The zero-order chi connectivity index (χ0) is 24.0. The topological polar surface area (TPSA) is 111 Å². The van der Waals surface area contributed by atoms with Gasteiger partial charge in [-0.05, 0) is 49.2 Å². The van der Waals surface area contributed by atoms with Gasteiger partial charge < -0.3 is 9.47 Å². The highest BCUT2D eigenvalue weighted by Crippen LogP contribution is 2.55. The lowest BCUT2D eigenvalue weighted by Gasteiger charge is -2.50. The van der Waals surface area contributed by atoms with Crippen molar-refractivity contribution in [2.24, 2.45) is 5.92 Å². The molecule has 0 N–H and O–H groups in total. The van der Waals surface area contributed by atoms with Crippen molar-refractivity contribution in [3.8, 4) is 11.8 Å². The van der Waals surface area contributed by atoms with Crippen LogP contribution in [-0.4, -0.2) is 48.2 Å². The minimum Gasteiger partial charge on any atom is -0.490 e. The summed E-state index contributed by atoms with van der Waals surface area (Å²) < 4.78 is 90.9. The van der Waals surface area contributed by atoms with Crippen LogP contribution in [0.15, 0.2) is 41.3 Å². The SMILES string of the molecule is CS(=O)(=O)CC[C@@H]1OCC[C@@]2(S(=O)(=O)c3ccc(C#N)cc3)c3c(F)ccc(F)c3OCC12. The predicted molar refractivity (Wildman–Crippen MR) is 114 cm³/mol. The van der Waals surface area contributed by atoms with Crippen LogP contribution in [0, 0.1) is 28.9 Å². The Balaban J connectivity index is 1.94. The molecule has 0 saturated carbocycles. The van der Waals surface area contributed by atoms with E-state index in [0.29, 0.717) is 0 Å². The molecule has 2 heterocycles. The van der Waals surface area contributed by atoms with Crippen molar-refractivity contribution in [2.75, 3.05) is 25.2 Å². The van der Waals surface area contributed by atoms with Gasteiger partial charge in [-0.3, -0.25) is 0 Å². The summed E-state index contributed by atoms with van der Waals surface area (Å²) in [7, 11) is -7.76. The van der Waals surface area contributed by atoms with Crippen LogP contribution in [0.25, 0.3) is 0 Å². The molecule has 2 aliphatic rings. The van der Waals surface area contributed by atoms with Crippen molar-refractivity contribution >= 4 is 19.7 Å². The van der Waals surface area contributed by atoms with E-state index in [4.69, 9.17) is 14.7 Å². The Labute approximate surface area is 190 Å². The first kappa shape index (κ1) is 23.6. The first-order chi connectivity index (χ1) is 15.5. The average molecular weight is 498 g/mol. The van der Waals surface area contributed by atoms with Crippen molar-refractivity contribution in [3.05, 3.63) is 59.2 Å². The monoisotopic (exact) mass is 497 g/mol. The zero-order valence-corrected chi connectivity index (χ0v) is 19.3. The average Bonchev–Trinajstić information content (AvgIpc) is 2.78. The lowest BCUT2D eigenvalue weighted by Crippen LogP contribution is -2.57. The Kier molecular flexibility index (Phi) is 5.97. The number of hydrogen-bond donors (Lipinski definition) is 0. The quantitative estimate of drug-likeness (QED) is 0.625. The van der Waals surface area contributed by atoms with Crippen LogP contribution in [0.5, 0.6) is 5.75 Å². The van der Waals surface area contributed by atoms with E-state index in [-0.39, 0.29) is 42.3 Å². The van der Waals surface area contributed by atoms with Gasteiger partial charge in [-0.2, -0.15) is 5.26 Å². The Morgan fingerprint density at radius 3 is 2.39 bits per heavy atom. The van der Waals surface area contributed by atoms with Crippen LogP contribution in [0.4, 0.5) is 8.78 Å². The summed E-state index contributed by atoms with van der Waals surface area (Å²) in [5.74, 6) is -3.54. The molecule has 1 unspecified atom stereocenters. The number of fused-ring (bicyclic) bond motifs is 3. The first-order valence-electron chi connectivity index (χ1n) is 10.2. The van der Waals surface area contributed by atoms with Gasteiger partial charge in [0.2, 0.25) is 0 Å². The molecule has 0 aromatic heterocycles. The zero-order valence-electron chi connectivity index (χ0n) is 17.6. The number of hydrogen-bond acceptors (Lipinski definition) is 7. The summed E-state index contributed by atoms with van der Waals surface area (Å²) in [5, 5.41) is 9.05. The van der Waals surface area contributed by atoms with E-state index < -0.39 is 59.4 Å². The molecule has 7 nitrogen and oxygen atoms in total. The van der Waals surface area contributed by atoms with Crippen molar-refractivity contribution in [3.63, 3.8) is 0 Å². The van der Waals surface area contributed by atoms with Crippen molar-refractivity contribution in [1.29, 1.82) is 5.26 Å². The van der Waals surface area contributed by atoms with Crippen LogP contribution >= 0.6 is 0 Å². The molecule has 0 aliphatic carbocycles. The highest BCUT2D eigenvalue weighted by molar-refractivity contribution is 7.92. The van der Waals surface area contributed by atoms with Crippen LogP contribution in [0.3, 0.4) is 0 Å². The standard InChI is InChI=1S/C22H21F2NO6S2/c1-32(26,27)11-8-19-16-13-31-21-18(24)7-6-17(23)20(21)22(16,9-10-30-19)33(28,29)15-4-2-14(12-25)3-5-15/h2-7,16,19H,8-11,13H2,1H3/t16?,19-,22-/m0/s1. The molecule has 33 heavy (non-hydrogen) atoms. The van der Waals surface area contributed by atoms with E-state index >= 15 is 4.39 Å². The molecule has 1 saturated heterocycles. The molecule has 0 amide bonds. The molecule has 0 bridgehead atoms. The molecular weight excluding hydrogens is 476 g/mol. The maximum atomic E-state index is 15.2. The Morgan fingerprint density at radius 1 is 1.09 bits per heavy atom. The second-order valence-electron chi connectivity index (χ2n) is 8.26. The maximum Gasteiger partial charge on any atom is 0.189 e. The van der Waals surface area contributed by atoms with Crippen LogP contribution < -0.4 is 4.74 Å². The Morgan fingerprint density at radius 2 is 1.76 bits per heavy atom. The lowest BCUT2D eigenvalue weighted by molar-refractivity contribution is -0.0732. The molecule has 176 valence electrons. The maximum absolute atomic E-state index is 15.2. The van der Waals surface area contributed by atoms with Crippen LogP contribution in [-0.2, 0) is 29.2 Å². The lowest BCUT2D eigenvalue weighted by atomic mass is 9.75. The first-order valence-corrected chi connectivity index (χ1v) is 13.7. The van der Waals surface area contributed by atoms with E-state index in [2.05, 4.69) is 0 Å². The highest BCUT2D eigenvalue weighted by Gasteiger charge is 2.61. The number of nitrogens with zero attached hydrogens (tertiary/aromatic N) is 1. The third-order valence-electron chi connectivity index (χ3n) is 6.29. The summed E-state index contributed by atoms with van der Waals surface area (Å²) in [5.41, 5.74) is -0.165. The second-order valence-corrected chi connectivity index (χ2v) is 12.7. The molecule has 2 aromatic carbocycles. The third kappa shape index (κ3) is 3.90. The fourth-order valence-corrected chi connectivity index (χ4v) is 7.76. The number of benzene rings is 2. The van der Waals surface area contributed by atoms with Crippen molar-refractivity contribution in [2.45, 2.75) is 28.6 Å². The van der Waals surface area contributed by atoms with Gasteiger partial charge in [0, 0.05) is 18.8 Å². The molecular formula is C22H21F2NO6S2. The third-order valence-corrected chi connectivity index (χ3v) is 9.83. The summed E-state index contributed by atoms with van der Waals surface area (Å²) in [6.45, 7) is -0.396. The van der Waals surface area contributed by atoms with E-state index in [1.54, 1.807) is 0 Å². The Bertz CT molecular complexity index is 1340. The highest BCUT2D eigenvalue weighted by atomic mass is 32.2. The number of rotatable bonds is 5. The molecule has 11 heteroatoms. The van der Waals surface area contributed by atoms with Gasteiger partial charge in [-0.15, -0.1) is 0 Å². The molecule has 0 radical (unpaired) electrons. The van der Waals surface area contributed by atoms with E-state index in [9.17, 15) is 21.2 Å². The van der Waals surface area contributed by atoms with Gasteiger partial charge in [0.05, 0.1) is 40.6 Å². The van der Waals surface area contributed by atoms with Gasteiger partial charge in [0.25, 0.3) is 0 Å². The summed E-state index contributed by atoms with van der Waals surface area (Å²) in [6.07, 6.45) is -0.0220. The van der Waals surface area contributed by atoms with E-state index in [0.717, 1.165) is 18.4 Å². The molecule has 4 rings (SSSR count). The van der Waals surface area contributed by atoms with Gasteiger partial charge in [0.1, 0.15) is 20.4 Å². The van der Waals surface area contributed by atoms with Crippen LogP contribution in [0.2, 0.25) is 0 Å². The molecule has 3 atom stereocenters. The number of sulfone groups is 2. The van der Waals surface area contributed by atoms with Gasteiger partial charge >= 0.3 is 0 Å².